The van der Waals surface area contributed by atoms with Crippen LogP contribution in [0.4, 0.5) is 0 Å². The molecule has 3 heterocycles. The Morgan fingerprint density at radius 3 is 2.11 bits per heavy atom. The highest BCUT2D eigenvalue weighted by Gasteiger charge is 2.44. The summed E-state index contributed by atoms with van der Waals surface area (Å²) in [4.78, 5) is 32.1. The van der Waals surface area contributed by atoms with E-state index in [1.54, 1.807) is 33.1 Å². The highest BCUT2D eigenvalue weighted by molar-refractivity contribution is 7.89. The van der Waals surface area contributed by atoms with Gasteiger partial charge in [-0.05, 0) is 70.1 Å². The van der Waals surface area contributed by atoms with E-state index in [0.717, 1.165) is 39.0 Å². The molecule has 10 nitrogen and oxygen atoms in total. The Morgan fingerprint density at radius 1 is 1.00 bits per heavy atom. The third kappa shape index (κ3) is 6.16. The number of hydrogen-bond acceptors (Lipinski definition) is 7. The zero-order chi connectivity index (χ0) is 27.6. The number of likely N-dealkylation sites (N-methyl/N-ethyl adjacent to an activating group) is 1. The first kappa shape index (κ1) is 28.8. The van der Waals surface area contributed by atoms with Crippen LogP contribution in [0, 0.1) is 31.6 Å². The first-order valence-corrected chi connectivity index (χ1v) is 14.9. The molecule has 1 aromatic rings. The molecule has 0 saturated carbocycles. The lowest BCUT2D eigenvalue weighted by molar-refractivity contribution is -0.137. The predicted molar refractivity (Wildman–Crippen MR) is 143 cm³/mol. The zero-order valence-electron chi connectivity index (χ0n) is 23.3. The lowest BCUT2D eigenvalue weighted by Crippen LogP contribution is -2.42. The average Bonchev–Trinajstić information content (AvgIpc) is 3.45. The average molecular weight is 551 g/mol. The maximum Gasteiger partial charge on any atom is 0.248 e. The molecule has 4 rings (SSSR count). The number of methoxy groups -OCH3 is 1. The molecule has 0 spiro atoms. The monoisotopic (exact) mass is 550 g/mol. The molecule has 3 aliphatic heterocycles. The third-order valence-corrected chi connectivity index (χ3v) is 10.5. The standard InChI is InChI=1S/C27H42N4O6S/c1-19-12-24(36-5)13-20(2)26(19)38(34,35)29(4)10-11-37-18-25(32)30-14-22-16-31(17-23(22)15-30)27(33)21-6-8-28(3)9-7-21/h12-13,21-23H,6-11,14-18H2,1-5H3/t22-,23+. The number of aryl methyl sites for hydroxylation is 2. The van der Waals surface area contributed by atoms with Crippen LogP contribution in [-0.4, -0.2) is 119 Å². The fraction of sp³-hybridized carbons (Fsp3) is 0.704. The largest absolute Gasteiger partial charge is 0.497 e. The van der Waals surface area contributed by atoms with Crippen molar-refractivity contribution < 1.29 is 27.5 Å². The van der Waals surface area contributed by atoms with Crippen LogP contribution in [0.1, 0.15) is 24.0 Å². The Labute approximate surface area is 226 Å². The second-order valence-electron chi connectivity index (χ2n) is 11.1. The third-order valence-electron chi connectivity index (χ3n) is 8.33. The number of rotatable bonds is 9. The van der Waals surface area contributed by atoms with Gasteiger partial charge in [0.15, 0.2) is 0 Å². The number of carbonyl (C=O) groups is 2. The molecule has 3 fully saturated rings. The van der Waals surface area contributed by atoms with Crippen LogP contribution >= 0.6 is 0 Å². The first-order chi connectivity index (χ1) is 18.0. The molecule has 0 aromatic heterocycles. The van der Waals surface area contributed by atoms with Crippen molar-refractivity contribution in [3.63, 3.8) is 0 Å². The summed E-state index contributed by atoms with van der Waals surface area (Å²) >= 11 is 0. The summed E-state index contributed by atoms with van der Waals surface area (Å²) in [6, 6.07) is 3.41. The number of likely N-dealkylation sites (tertiary alicyclic amines) is 3. The van der Waals surface area contributed by atoms with Gasteiger partial charge in [-0.3, -0.25) is 9.59 Å². The smallest absolute Gasteiger partial charge is 0.248 e. The molecule has 3 aliphatic rings. The molecule has 3 saturated heterocycles. The van der Waals surface area contributed by atoms with Crippen molar-refractivity contribution in [3.8, 4) is 5.75 Å². The van der Waals surface area contributed by atoms with Gasteiger partial charge in [0.05, 0.1) is 18.6 Å². The number of amides is 2. The number of piperidine rings is 1. The van der Waals surface area contributed by atoms with E-state index in [1.807, 2.05) is 9.80 Å². The van der Waals surface area contributed by atoms with Crippen molar-refractivity contribution in [1.82, 2.24) is 19.0 Å². The normalized spacial score (nSPS) is 22.8. The van der Waals surface area contributed by atoms with Gasteiger partial charge >= 0.3 is 0 Å². The molecule has 0 aliphatic carbocycles. The minimum Gasteiger partial charge on any atom is -0.497 e. The molecule has 11 heteroatoms. The maximum atomic E-state index is 13.1. The molecule has 0 radical (unpaired) electrons. The SMILES string of the molecule is COc1cc(C)c(S(=O)(=O)N(C)CCOCC(=O)N2C[C@@H]3CN(C(=O)C4CCN(C)CC4)C[C@@H]3C2)c(C)c1. The Bertz CT molecular complexity index is 1100. The Morgan fingerprint density at radius 2 is 1.55 bits per heavy atom. The van der Waals surface area contributed by atoms with E-state index in [4.69, 9.17) is 9.47 Å². The van der Waals surface area contributed by atoms with Crippen LogP contribution in [0.25, 0.3) is 0 Å². The number of fused-ring (bicyclic) bond motifs is 1. The minimum atomic E-state index is -3.71. The molecule has 1 aromatic carbocycles. The van der Waals surface area contributed by atoms with Gasteiger partial charge in [0, 0.05) is 57.5 Å². The first-order valence-electron chi connectivity index (χ1n) is 13.5. The number of carbonyl (C=O) groups excluding carboxylic acids is 2. The van der Waals surface area contributed by atoms with Gasteiger partial charge in [-0.15, -0.1) is 0 Å². The molecule has 0 bridgehead atoms. The van der Waals surface area contributed by atoms with E-state index in [1.165, 1.54) is 11.4 Å². The summed E-state index contributed by atoms with van der Waals surface area (Å²) in [6.07, 6.45) is 1.86. The molecule has 2 amide bonds. The van der Waals surface area contributed by atoms with E-state index in [0.29, 0.717) is 41.8 Å². The van der Waals surface area contributed by atoms with Crippen LogP contribution < -0.4 is 4.74 Å². The van der Waals surface area contributed by atoms with Crippen LogP contribution in [-0.2, 0) is 24.3 Å². The van der Waals surface area contributed by atoms with Gasteiger partial charge in [-0.25, -0.2) is 8.42 Å². The highest BCUT2D eigenvalue weighted by Crippen LogP contribution is 2.33. The summed E-state index contributed by atoms with van der Waals surface area (Å²) in [5, 5.41) is 0. The van der Waals surface area contributed by atoms with Gasteiger partial charge in [0.25, 0.3) is 0 Å². The van der Waals surface area contributed by atoms with E-state index < -0.39 is 10.0 Å². The zero-order valence-corrected chi connectivity index (χ0v) is 24.1. The summed E-state index contributed by atoms with van der Waals surface area (Å²) < 4.78 is 38.4. The highest BCUT2D eigenvalue weighted by atomic mass is 32.2. The lowest BCUT2D eigenvalue weighted by Gasteiger charge is -2.31. The fourth-order valence-electron chi connectivity index (χ4n) is 6.05. The molecule has 2 atom stereocenters. The molecule has 0 unspecified atom stereocenters. The number of sulfonamides is 1. The van der Waals surface area contributed by atoms with Gasteiger partial charge in [-0.1, -0.05) is 0 Å². The van der Waals surface area contributed by atoms with Crippen LogP contribution in [0.5, 0.6) is 5.75 Å². The van der Waals surface area contributed by atoms with E-state index in [-0.39, 0.29) is 42.4 Å². The van der Waals surface area contributed by atoms with Crippen molar-refractivity contribution in [2.24, 2.45) is 17.8 Å². The van der Waals surface area contributed by atoms with Crippen molar-refractivity contribution in [3.05, 3.63) is 23.3 Å². The topological polar surface area (TPSA) is 99.7 Å². The Kier molecular flexibility index (Phi) is 9.01. The van der Waals surface area contributed by atoms with Crippen LogP contribution in [0.3, 0.4) is 0 Å². The van der Waals surface area contributed by atoms with Gasteiger partial charge < -0.3 is 24.2 Å². The summed E-state index contributed by atoms with van der Waals surface area (Å²) in [5.41, 5.74) is 1.24. The van der Waals surface area contributed by atoms with Gasteiger partial charge in [0.2, 0.25) is 21.8 Å². The number of ether oxygens (including phenoxy) is 2. The lowest BCUT2D eigenvalue weighted by atomic mass is 9.96. The Hall–Kier alpha value is -2.21. The van der Waals surface area contributed by atoms with Gasteiger partial charge in [-0.2, -0.15) is 4.31 Å². The molecular formula is C27H42N4O6S. The van der Waals surface area contributed by atoms with E-state index in [9.17, 15) is 18.0 Å². The van der Waals surface area contributed by atoms with Crippen molar-refractivity contribution in [1.29, 1.82) is 0 Å². The van der Waals surface area contributed by atoms with Crippen molar-refractivity contribution in [2.75, 3.05) is 80.2 Å². The van der Waals surface area contributed by atoms with Crippen molar-refractivity contribution >= 4 is 21.8 Å². The summed E-state index contributed by atoms with van der Waals surface area (Å²) in [6.45, 7) is 8.38. The second-order valence-corrected chi connectivity index (χ2v) is 13.1. The van der Waals surface area contributed by atoms with Crippen LogP contribution in [0.15, 0.2) is 17.0 Å². The van der Waals surface area contributed by atoms with Gasteiger partial charge in [0.1, 0.15) is 12.4 Å². The summed E-state index contributed by atoms with van der Waals surface area (Å²) in [5.74, 6) is 1.59. The van der Waals surface area contributed by atoms with E-state index in [2.05, 4.69) is 11.9 Å². The summed E-state index contributed by atoms with van der Waals surface area (Å²) in [7, 11) is 1.46. The quantitative estimate of drug-likeness (QED) is 0.426. The maximum absolute atomic E-state index is 13.1. The minimum absolute atomic E-state index is 0.0772. The van der Waals surface area contributed by atoms with Crippen LogP contribution in [0.2, 0.25) is 0 Å². The number of hydrogen-bond donors (Lipinski definition) is 0. The molecule has 212 valence electrons. The number of benzene rings is 1. The fourth-order valence-corrected chi connectivity index (χ4v) is 7.60. The Balaban J connectivity index is 1.20. The molecule has 38 heavy (non-hydrogen) atoms. The predicted octanol–water partition coefficient (Wildman–Crippen LogP) is 1.21. The molecular weight excluding hydrogens is 508 g/mol. The molecule has 0 N–H and O–H groups in total. The second kappa shape index (κ2) is 11.9. The van der Waals surface area contributed by atoms with E-state index >= 15 is 0 Å². The number of nitrogens with zero attached hydrogens (tertiary/aromatic N) is 4. The van der Waals surface area contributed by atoms with Crippen molar-refractivity contribution in [2.45, 2.75) is 31.6 Å².